The summed E-state index contributed by atoms with van der Waals surface area (Å²) < 4.78 is 0.699. The highest BCUT2D eigenvalue weighted by Gasteiger charge is 2.47. The van der Waals surface area contributed by atoms with Crippen molar-refractivity contribution in [1.29, 1.82) is 0 Å². The van der Waals surface area contributed by atoms with E-state index in [0.717, 1.165) is 11.3 Å². The molecule has 1 aromatic rings. The maximum atomic E-state index is 12.7. The SMILES string of the molecule is CCC[C@H]1C(=O)CCC(N2C(=O)c3cccc(I)c3C2=O)C1=O. The van der Waals surface area contributed by atoms with Crippen molar-refractivity contribution in [3.05, 3.63) is 32.9 Å². The predicted octanol–water partition coefficient (Wildman–Crippen LogP) is 2.60. The number of nitrogens with zero attached hydrogens (tertiary/aromatic N) is 1. The minimum atomic E-state index is -0.813. The van der Waals surface area contributed by atoms with E-state index in [1.807, 2.05) is 29.5 Å². The molecule has 1 aliphatic carbocycles. The molecule has 0 radical (unpaired) electrons. The van der Waals surface area contributed by atoms with Gasteiger partial charge in [-0.2, -0.15) is 0 Å². The van der Waals surface area contributed by atoms with Crippen LogP contribution in [0.1, 0.15) is 53.3 Å². The molecule has 23 heavy (non-hydrogen) atoms. The fraction of sp³-hybridized carbons (Fsp3) is 0.412. The molecule has 0 spiro atoms. The Morgan fingerprint density at radius 3 is 2.57 bits per heavy atom. The molecule has 0 bridgehead atoms. The normalized spacial score (nSPS) is 24.3. The smallest absolute Gasteiger partial charge is 0.263 e. The number of benzene rings is 1. The number of fused-ring (bicyclic) bond motifs is 1. The fourth-order valence-corrected chi connectivity index (χ4v) is 4.11. The van der Waals surface area contributed by atoms with Crippen LogP contribution >= 0.6 is 22.6 Å². The van der Waals surface area contributed by atoms with Crippen LogP contribution in [0.25, 0.3) is 0 Å². The van der Waals surface area contributed by atoms with Gasteiger partial charge < -0.3 is 0 Å². The van der Waals surface area contributed by atoms with E-state index in [1.165, 1.54) is 0 Å². The van der Waals surface area contributed by atoms with Gasteiger partial charge in [-0.25, -0.2) is 0 Å². The molecule has 0 saturated heterocycles. The standard InChI is InChI=1S/C17H16INO4/c1-2-4-9-13(20)8-7-12(15(9)21)19-16(22)10-5-3-6-11(18)14(10)17(19)23/h3,5-6,9,12H,2,4,7-8H2,1H3/t9-,12?/m0/s1. The Labute approximate surface area is 147 Å². The van der Waals surface area contributed by atoms with E-state index in [-0.39, 0.29) is 24.4 Å². The van der Waals surface area contributed by atoms with Crippen molar-refractivity contribution < 1.29 is 19.2 Å². The second-order valence-corrected chi connectivity index (χ2v) is 7.07. The predicted molar refractivity (Wildman–Crippen MR) is 91.1 cm³/mol. The lowest BCUT2D eigenvalue weighted by atomic mass is 9.80. The Morgan fingerprint density at radius 1 is 1.17 bits per heavy atom. The average Bonchev–Trinajstić information content (AvgIpc) is 2.77. The molecular formula is C17H16INO4. The summed E-state index contributed by atoms with van der Waals surface area (Å²) in [6, 6.07) is 4.29. The monoisotopic (exact) mass is 425 g/mol. The van der Waals surface area contributed by atoms with Gasteiger partial charge in [-0.05, 0) is 47.6 Å². The van der Waals surface area contributed by atoms with E-state index < -0.39 is 23.8 Å². The first-order chi connectivity index (χ1) is 11.0. The Hall–Kier alpha value is -1.57. The molecule has 6 heteroatoms. The van der Waals surface area contributed by atoms with Crippen LogP contribution < -0.4 is 0 Å². The number of rotatable bonds is 3. The van der Waals surface area contributed by atoms with Crippen molar-refractivity contribution >= 4 is 46.0 Å². The highest BCUT2D eigenvalue weighted by molar-refractivity contribution is 14.1. The zero-order valence-corrected chi connectivity index (χ0v) is 14.8. The van der Waals surface area contributed by atoms with Gasteiger partial charge in [-0.3, -0.25) is 24.1 Å². The highest BCUT2D eigenvalue weighted by atomic mass is 127. The van der Waals surface area contributed by atoms with Crippen LogP contribution in [-0.2, 0) is 9.59 Å². The lowest BCUT2D eigenvalue weighted by molar-refractivity contribution is -0.139. The summed E-state index contributed by atoms with van der Waals surface area (Å²) in [5.74, 6) is -1.88. The van der Waals surface area contributed by atoms with Crippen molar-refractivity contribution in [1.82, 2.24) is 4.90 Å². The summed E-state index contributed by atoms with van der Waals surface area (Å²) in [7, 11) is 0. The molecule has 2 atom stereocenters. The van der Waals surface area contributed by atoms with E-state index in [2.05, 4.69) is 0 Å². The molecule has 5 nitrogen and oxygen atoms in total. The Bertz CT molecular complexity index is 727. The van der Waals surface area contributed by atoms with Gasteiger partial charge >= 0.3 is 0 Å². The number of hydrogen-bond acceptors (Lipinski definition) is 4. The number of carbonyl (C=O) groups is 4. The van der Waals surface area contributed by atoms with Gasteiger partial charge in [-0.1, -0.05) is 19.4 Å². The van der Waals surface area contributed by atoms with E-state index >= 15 is 0 Å². The maximum Gasteiger partial charge on any atom is 0.263 e. The fourth-order valence-electron chi connectivity index (χ4n) is 3.38. The zero-order valence-electron chi connectivity index (χ0n) is 12.7. The summed E-state index contributed by atoms with van der Waals surface area (Å²) >= 11 is 2.02. The summed E-state index contributed by atoms with van der Waals surface area (Å²) in [5, 5.41) is 0. The summed E-state index contributed by atoms with van der Waals surface area (Å²) in [6.07, 6.45) is 1.68. The van der Waals surface area contributed by atoms with Crippen LogP contribution in [0.2, 0.25) is 0 Å². The van der Waals surface area contributed by atoms with Crippen molar-refractivity contribution in [3.63, 3.8) is 0 Å². The minimum Gasteiger partial charge on any atom is -0.299 e. The second kappa shape index (κ2) is 6.14. The van der Waals surface area contributed by atoms with Gasteiger partial charge in [0.05, 0.1) is 23.1 Å². The number of halogens is 1. The van der Waals surface area contributed by atoms with Gasteiger partial charge in [-0.15, -0.1) is 0 Å². The quantitative estimate of drug-likeness (QED) is 0.424. The summed E-state index contributed by atoms with van der Waals surface area (Å²) in [4.78, 5) is 51.0. The van der Waals surface area contributed by atoms with E-state index in [1.54, 1.807) is 18.2 Å². The lowest BCUT2D eigenvalue weighted by Gasteiger charge is -2.31. The van der Waals surface area contributed by atoms with Gasteiger partial charge in [0.2, 0.25) is 0 Å². The van der Waals surface area contributed by atoms with Gasteiger partial charge in [0.1, 0.15) is 5.78 Å². The molecular weight excluding hydrogens is 409 g/mol. The minimum absolute atomic E-state index is 0.0701. The van der Waals surface area contributed by atoms with Gasteiger partial charge in [0.15, 0.2) is 5.78 Å². The van der Waals surface area contributed by atoms with Crippen molar-refractivity contribution in [2.45, 2.75) is 38.6 Å². The maximum absolute atomic E-state index is 12.7. The summed E-state index contributed by atoms with van der Waals surface area (Å²) in [5.41, 5.74) is 0.716. The number of hydrogen-bond donors (Lipinski definition) is 0. The van der Waals surface area contributed by atoms with Crippen LogP contribution in [0.3, 0.4) is 0 Å². The highest BCUT2D eigenvalue weighted by Crippen LogP contribution is 2.33. The molecule has 120 valence electrons. The number of imide groups is 1. The number of ketones is 2. The van der Waals surface area contributed by atoms with E-state index in [4.69, 9.17) is 0 Å². The van der Waals surface area contributed by atoms with Crippen molar-refractivity contribution in [2.75, 3.05) is 0 Å². The number of carbonyl (C=O) groups excluding carboxylic acids is 4. The van der Waals surface area contributed by atoms with Crippen LogP contribution in [0, 0.1) is 9.49 Å². The molecule has 1 fully saturated rings. The topological polar surface area (TPSA) is 71.5 Å². The molecule has 2 aliphatic rings. The molecule has 2 amide bonds. The Balaban J connectivity index is 1.96. The van der Waals surface area contributed by atoms with E-state index in [0.29, 0.717) is 21.1 Å². The third-order valence-electron chi connectivity index (χ3n) is 4.51. The Morgan fingerprint density at radius 2 is 1.91 bits per heavy atom. The molecule has 1 unspecified atom stereocenters. The zero-order chi connectivity index (χ0) is 16.7. The third kappa shape index (κ3) is 2.52. The third-order valence-corrected chi connectivity index (χ3v) is 5.41. The molecule has 1 saturated carbocycles. The molecule has 0 N–H and O–H groups in total. The first-order valence-corrected chi connectivity index (χ1v) is 8.78. The lowest BCUT2D eigenvalue weighted by Crippen LogP contribution is -2.51. The van der Waals surface area contributed by atoms with E-state index in [9.17, 15) is 19.2 Å². The van der Waals surface area contributed by atoms with Gasteiger partial charge in [0, 0.05) is 9.99 Å². The molecule has 1 aliphatic heterocycles. The number of Topliss-reactive ketones (excluding diaryl/α,β-unsaturated/α-hetero) is 2. The van der Waals surface area contributed by atoms with Crippen molar-refractivity contribution in [3.8, 4) is 0 Å². The molecule has 0 aromatic heterocycles. The van der Waals surface area contributed by atoms with Crippen LogP contribution in [0.4, 0.5) is 0 Å². The largest absolute Gasteiger partial charge is 0.299 e. The Kier molecular flexibility index (Phi) is 4.35. The van der Waals surface area contributed by atoms with Crippen LogP contribution in [0.15, 0.2) is 18.2 Å². The molecule has 1 aromatic carbocycles. The average molecular weight is 425 g/mol. The summed E-state index contributed by atoms with van der Waals surface area (Å²) in [6.45, 7) is 1.91. The first kappa shape index (κ1) is 16.3. The van der Waals surface area contributed by atoms with Crippen LogP contribution in [-0.4, -0.2) is 34.3 Å². The molecule has 3 rings (SSSR count). The van der Waals surface area contributed by atoms with Crippen LogP contribution in [0.5, 0.6) is 0 Å². The van der Waals surface area contributed by atoms with Gasteiger partial charge in [0.25, 0.3) is 11.8 Å². The first-order valence-electron chi connectivity index (χ1n) is 7.70. The van der Waals surface area contributed by atoms with Crippen molar-refractivity contribution in [2.24, 2.45) is 5.92 Å². The number of amides is 2. The molecule has 1 heterocycles. The second-order valence-electron chi connectivity index (χ2n) is 5.91.